The molecule has 0 spiro atoms. The van der Waals surface area contributed by atoms with Gasteiger partial charge in [0.2, 0.25) is 5.91 Å². The summed E-state index contributed by atoms with van der Waals surface area (Å²) in [6.07, 6.45) is 0. The van der Waals surface area contributed by atoms with E-state index >= 15 is 0 Å². The maximum absolute atomic E-state index is 11.8. The van der Waals surface area contributed by atoms with Crippen LogP contribution < -0.4 is 15.8 Å². The van der Waals surface area contributed by atoms with Crippen molar-refractivity contribution in [1.29, 1.82) is 0 Å². The Morgan fingerprint density at radius 1 is 1.33 bits per heavy atom. The molecule has 0 bridgehead atoms. The van der Waals surface area contributed by atoms with Gasteiger partial charge in [0, 0.05) is 15.1 Å². The number of nitrogens with two attached hydrogens (primary N) is 1. The number of carbonyl (C=O) groups is 1. The Balaban J connectivity index is 2.40. The SMILES string of the molecule is COc1ccccc1NC(C(N)=O)c1cc(Br)ccc1Cl. The van der Waals surface area contributed by atoms with E-state index in [2.05, 4.69) is 21.2 Å². The van der Waals surface area contributed by atoms with Crippen LogP contribution in [0.1, 0.15) is 11.6 Å². The third-order valence-corrected chi connectivity index (χ3v) is 3.80. The van der Waals surface area contributed by atoms with Gasteiger partial charge in [-0.3, -0.25) is 4.79 Å². The quantitative estimate of drug-likeness (QED) is 0.843. The Hall–Kier alpha value is -1.72. The topological polar surface area (TPSA) is 64.3 Å². The van der Waals surface area contributed by atoms with E-state index in [1.807, 2.05) is 12.1 Å². The maximum atomic E-state index is 11.8. The second-order valence-corrected chi connectivity index (χ2v) is 5.67. The number of hydrogen-bond acceptors (Lipinski definition) is 3. The molecular weight excluding hydrogens is 356 g/mol. The van der Waals surface area contributed by atoms with Gasteiger partial charge in [-0.05, 0) is 30.3 Å². The number of anilines is 1. The fourth-order valence-electron chi connectivity index (χ4n) is 1.96. The van der Waals surface area contributed by atoms with Gasteiger partial charge >= 0.3 is 0 Å². The van der Waals surface area contributed by atoms with Crippen LogP contribution in [0.15, 0.2) is 46.9 Å². The van der Waals surface area contributed by atoms with Gasteiger partial charge in [-0.2, -0.15) is 0 Å². The first kappa shape index (κ1) is 15.7. The van der Waals surface area contributed by atoms with E-state index in [1.165, 1.54) is 0 Å². The number of carbonyl (C=O) groups excluding carboxylic acids is 1. The predicted molar refractivity (Wildman–Crippen MR) is 87.7 cm³/mol. The van der Waals surface area contributed by atoms with Gasteiger partial charge in [-0.1, -0.05) is 39.7 Å². The number of rotatable bonds is 5. The largest absolute Gasteiger partial charge is 0.495 e. The molecule has 21 heavy (non-hydrogen) atoms. The standard InChI is InChI=1S/C15H14BrClN2O2/c1-21-13-5-3-2-4-12(13)19-14(15(18)20)10-8-9(16)6-7-11(10)17/h2-8,14,19H,1H3,(H2,18,20). The van der Waals surface area contributed by atoms with Crippen LogP contribution in [0, 0.1) is 0 Å². The van der Waals surface area contributed by atoms with Crippen LogP contribution in [0.4, 0.5) is 5.69 Å². The predicted octanol–water partition coefficient (Wildman–Crippen LogP) is 3.75. The molecule has 0 fully saturated rings. The van der Waals surface area contributed by atoms with Crippen molar-refractivity contribution >= 4 is 39.1 Å². The van der Waals surface area contributed by atoms with Crippen LogP contribution in [-0.2, 0) is 4.79 Å². The zero-order chi connectivity index (χ0) is 15.4. The van der Waals surface area contributed by atoms with Crippen LogP contribution >= 0.6 is 27.5 Å². The van der Waals surface area contributed by atoms with Gasteiger partial charge < -0.3 is 15.8 Å². The minimum absolute atomic E-state index is 0.462. The summed E-state index contributed by atoms with van der Waals surface area (Å²) < 4.78 is 6.07. The highest BCUT2D eigenvalue weighted by molar-refractivity contribution is 9.10. The van der Waals surface area contributed by atoms with Crippen molar-refractivity contribution in [1.82, 2.24) is 0 Å². The van der Waals surface area contributed by atoms with Gasteiger partial charge in [0.25, 0.3) is 0 Å². The number of primary amides is 1. The molecule has 0 radical (unpaired) electrons. The number of amides is 1. The number of nitrogens with one attached hydrogen (secondary N) is 1. The molecule has 1 unspecified atom stereocenters. The number of ether oxygens (including phenoxy) is 1. The zero-order valence-corrected chi connectivity index (χ0v) is 13.6. The first-order valence-corrected chi connectivity index (χ1v) is 7.34. The second kappa shape index (κ2) is 6.83. The van der Waals surface area contributed by atoms with Crippen LogP contribution in [0.2, 0.25) is 5.02 Å². The van der Waals surface area contributed by atoms with Gasteiger partial charge in [0.05, 0.1) is 12.8 Å². The van der Waals surface area contributed by atoms with Crippen molar-refractivity contribution in [3.8, 4) is 5.75 Å². The van der Waals surface area contributed by atoms with E-state index in [1.54, 1.807) is 37.4 Å². The molecule has 1 atom stereocenters. The molecule has 6 heteroatoms. The monoisotopic (exact) mass is 368 g/mol. The van der Waals surface area contributed by atoms with Crippen molar-refractivity contribution in [2.45, 2.75) is 6.04 Å². The zero-order valence-electron chi connectivity index (χ0n) is 11.3. The molecule has 0 saturated heterocycles. The summed E-state index contributed by atoms with van der Waals surface area (Å²) in [5.74, 6) is 0.0933. The Labute approximate surface area is 136 Å². The van der Waals surface area contributed by atoms with Gasteiger partial charge in [0.1, 0.15) is 11.8 Å². The minimum Gasteiger partial charge on any atom is -0.495 e. The fraction of sp³-hybridized carbons (Fsp3) is 0.133. The smallest absolute Gasteiger partial charge is 0.244 e. The lowest BCUT2D eigenvalue weighted by molar-refractivity contribution is -0.118. The Morgan fingerprint density at radius 2 is 2.05 bits per heavy atom. The van der Waals surface area contributed by atoms with Crippen LogP contribution in [0.5, 0.6) is 5.75 Å². The summed E-state index contributed by atoms with van der Waals surface area (Å²) in [4.78, 5) is 11.8. The fourth-order valence-corrected chi connectivity index (χ4v) is 2.56. The molecule has 0 aliphatic rings. The molecule has 2 rings (SSSR count). The summed E-state index contributed by atoms with van der Waals surface area (Å²) in [6, 6.07) is 11.8. The van der Waals surface area contributed by atoms with Crippen molar-refractivity contribution in [2.24, 2.45) is 5.73 Å². The Kier molecular flexibility index (Phi) is 5.09. The van der Waals surface area contributed by atoms with Crippen LogP contribution in [0.25, 0.3) is 0 Å². The molecule has 0 aliphatic carbocycles. The van der Waals surface area contributed by atoms with Crippen LogP contribution in [0.3, 0.4) is 0 Å². The number of para-hydroxylation sites is 2. The average Bonchev–Trinajstić information content (AvgIpc) is 2.47. The molecule has 0 saturated carbocycles. The summed E-state index contributed by atoms with van der Waals surface area (Å²) in [5, 5.41) is 3.54. The highest BCUT2D eigenvalue weighted by atomic mass is 79.9. The molecule has 1 amide bonds. The van der Waals surface area contributed by atoms with Crippen molar-refractivity contribution < 1.29 is 9.53 Å². The summed E-state index contributed by atoms with van der Waals surface area (Å²) in [7, 11) is 1.56. The van der Waals surface area contributed by atoms with E-state index < -0.39 is 11.9 Å². The summed E-state index contributed by atoms with van der Waals surface area (Å²) >= 11 is 9.54. The molecule has 3 N–H and O–H groups in total. The van der Waals surface area contributed by atoms with Crippen molar-refractivity contribution in [3.63, 3.8) is 0 Å². The molecule has 0 aliphatic heterocycles. The number of halogens is 2. The number of hydrogen-bond donors (Lipinski definition) is 2. The first-order chi connectivity index (χ1) is 10.0. The Bertz CT molecular complexity index is 664. The maximum Gasteiger partial charge on any atom is 0.244 e. The molecule has 0 aromatic heterocycles. The lowest BCUT2D eigenvalue weighted by Gasteiger charge is -2.20. The third-order valence-electron chi connectivity index (χ3n) is 2.96. The summed E-state index contributed by atoms with van der Waals surface area (Å²) in [6.45, 7) is 0. The van der Waals surface area contributed by atoms with E-state index in [0.29, 0.717) is 22.0 Å². The van der Waals surface area contributed by atoms with E-state index in [-0.39, 0.29) is 0 Å². The Morgan fingerprint density at radius 3 is 2.71 bits per heavy atom. The van der Waals surface area contributed by atoms with E-state index in [9.17, 15) is 4.79 Å². The molecule has 2 aromatic carbocycles. The van der Waals surface area contributed by atoms with Crippen molar-refractivity contribution in [2.75, 3.05) is 12.4 Å². The van der Waals surface area contributed by atoms with Gasteiger partial charge in [0.15, 0.2) is 0 Å². The summed E-state index contributed by atoms with van der Waals surface area (Å²) in [5.41, 5.74) is 6.78. The number of methoxy groups -OCH3 is 1. The normalized spacial score (nSPS) is 11.8. The van der Waals surface area contributed by atoms with E-state index in [0.717, 1.165) is 4.47 Å². The molecule has 110 valence electrons. The molecular formula is C15H14BrClN2O2. The van der Waals surface area contributed by atoms with Crippen LogP contribution in [-0.4, -0.2) is 13.0 Å². The van der Waals surface area contributed by atoms with Crippen molar-refractivity contribution in [3.05, 3.63) is 57.5 Å². The van der Waals surface area contributed by atoms with Gasteiger partial charge in [-0.15, -0.1) is 0 Å². The molecule has 4 nitrogen and oxygen atoms in total. The minimum atomic E-state index is -0.758. The lowest BCUT2D eigenvalue weighted by Crippen LogP contribution is -2.28. The van der Waals surface area contributed by atoms with E-state index in [4.69, 9.17) is 22.1 Å². The second-order valence-electron chi connectivity index (χ2n) is 4.35. The average molecular weight is 370 g/mol. The van der Waals surface area contributed by atoms with Gasteiger partial charge in [-0.25, -0.2) is 0 Å². The number of benzene rings is 2. The highest BCUT2D eigenvalue weighted by Crippen LogP contribution is 2.32. The molecule has 0 heterocycles. The lowest BCUT2D eigenvalue weighted by atomic mass is 10.1. The molecule has 2 aromatic rings. The highest BCUT2D eigenvalue weighted by Gasteiger charge is 2.22. The first-order valence-electron chi connectivity index (χ1n) is 6.16. The third kappa shape index (κ3) is 3.68.